The van der Waals surface area contributed by atoms with Gasteiger partial charge in [-0.1, -0.05) is 19.9 Å². The zero-order valence-corrected chi connectivity index (χ0v) is 12.0. The largest absolute Gasteiger partial charge is 0.373 e. The molecule has 0 radical (unpaired) electrons. The monoisotopic (exact) mass is 247 g/mol. The van der Waals surface area contributed by atoms with Crippen LogP contribution in [-0.4, -0.2) is 30.0 Å². The van der Waals surface area contributed by atoms with Gasteiger partial charge in [0.2, 0.25) is 0 Å². The third kappa shape index (κ3) is 2.83. The Bertz CT molecular complexity index is 401. The van der Waals surface area contributed by atoms with Crippen LogP contribution in [0.4, 0.5) is 5.82 Å². The molecule has 0 spiro atoms. The van der Waals surface area contributed by atoms with Crippen LogP contribution in [0.3, 0.4) is 0 Å². The molecule has 0 bridgehead atoms. The number of anilines is 1. The van der Waals surface area contributed by atoms with Crippen LogP contribution >= 0.6 is 0 Å². The minimum absolute atomic E-state index is 0.575. The van der Waals surface area contributed by atoms with Crippen molar-refractivity contribution in [2.24, 2.45) is 5.92 Å². The number of nitrogens with zero attached hydrogens (tertiary/aromatic N) is 2. The third-order valence-corrected chi connectivity index (χ3v) is 3.71. The molecule has 1 fully saturated rings. The molecule has 1 atom stereocenters. The minimum atomic E-state index is 0.575. The molecule has 0 saturated carbocycles. The molecule has 0 aromatic carbocycles. The van der Waals surface area contributed by atoms with Crippen LogP contribution < -0.4 is 5.32 Å². The topological polar surface area (TPSA) is 28.2 Å². The number of hydrogen-bond donors (Lipinski definition) is 1. The van der Waals surface area contributed by atoms with Crippen LogP contribution in [0.1, 0.15) is 44.0 Å². The summed E-state index contributed by atoms with van der Waals surface area (Å²) in [6.45, 7) is 9.14. The van der Waals surface area contributed by atoms with Gasteiger partial charge in [0.1, 0.15) is 5.82 Å². The lowest BCUT2D eigenvalue weighted by Gasteiger charge is -2.27. The van der Waals surface area contributed by atoms with Crippen LogP contribution in [0.15, 0.2) is 12.1 Å². The van der Waals surface area contributed by atoms with Gasteiger partial charge in [-0.05, 0) is 43.9 Å². The number of aryl methyl sites for hydroxylation is 1. The van der Waals surface area contributed by atoms with E-state index in [4.69, 9.17) is 0 Å². The Balaban J connectivity index is 2.19. The highest BCUT2D eigenvalue weighted by atomic mass is 15.2. The summed E-state index contributed by atoms with van der Waals surface area (Å²) >= 11 is 0. The maximum absolute atomic E-state index is 4.61. The van der Waals surface area contributed by atoms with E-state index in [2.05, 4.69) is 48.1 Å². The number of rotatable bonds is 4. The van der Waals surface area contributed by atoms with E-state index in [0.717, 1.165) is 11.7 Å². The highest BCUT2D eigenvalue weighted by Crippen LogP contribution is 2.34. The Morgan fingerprint density at radius 3 is 2.83 bits per heavy atom. The van der Waals surface area contributed by atoms with Crippen molar-refractivity contribution in [2.75, 3.05) is 25.5 Å². The normalized spacial score (nSPS) is 20.6. The van der Waals surface area contributed by atoms with Gasteiger partial charge in [0, 0.05) is 25.3 Å². The second kappa shape index (κ2) is 5.70. The van der Waals surface area contributed by atoms with Crippen LogP contribution in [0.2, 0.25) is 0 Å². The van der Waals surface area contributed by atoms with E-state index in [1.54, 1.807) is 0 Å². The number of pyridine rings is 1. The Kier molecular flexibility index (Phi) is 4.23. The van der Waals surface area contributed by atoms with E-state index in [9.17, 15) is 0 Å². The molecule has 1 saturated heterocycles. The maximum atomic E-state index is 4.61. The van der Waals surface area contributed by atoms with Gasteiger partial charge in [-0.3, -0.25) is 4.90 Å². The van der Waals surface area contributed by atoms with Gasteiger partial charge >= 0.3 is 0 Å². The summed E-state index contributed by atoms with van der Waals surface area (Å²) in [6.07, 6.45) is 2.58. The first kappa shape index (κ1) is 13.3. The molecule has 1 aliphatic rings. The fraction of sp³-hybridized carbons (Fsp3) is 0.667. The molecular weight excluding hydrogens is 222 g/mol. The lowest BCUT2D eigenvalue weighted by Crippen LogP contribution is -2.28. The van der Waals surface area contributed by atoms with Crippen molar-refractivity contribution in [2.45, 2.75) is 39.7 Å². The Morgan fingerprint density at radius 2 is 2.22 bits per heavy atom. The molecule has 0 amide bonds. The van der Waals surface area contributed by atoms with E-state index in [0.29, 0.717) is 6.04 Å². The van der Waals surface area contributed by atoms with Gasteiger partial charge in [-0.25, -0.2) is 4.98 Å². The Morgan fingerprint density at radius 1 is 1.44 bits per heavy atom. The second-order valence-electron chi connectivity index (χ2n) is 5.67. The molecule has 1 aromatic heterocycles. The Labute approximate surface area is 111 Å². The first-order valence-corrected chi connectivity index (χ1v) is 7.01. The smallest absolute Gasteiger partial charge is 0.125 e. The molecule has 18 heavy (non-hydrogen) atoms. The van der Waals surface area contributed by atoms with E-state index < -0.39 is 0 Å². The minimum Gasteiger partial charge on any atom is -0.373 e. The fourth-order valence-corrected chi connectivity index (χ4v) is 2.93. The van der Waals surface area contributed by atoms with E-state index in [1.807, 2.05) is 7.05 Å². The summed E-state index contributed by atoms with van der Waals surface area (Å²) in [7, 11) is 1.92. The molecule has 2 rings (SSSR count). The third-order valence-electron chi connectivity index (χ3n) is 3.71. The molecule has 1 unspecified atom stereocenters. The molecular formula is C15H25N3. The summed E-state index contributed by atoms with van der Waals surface area (Å²) < 4.78 is 0. The summed E-state index contributed by atoms with van der Waals surface area (Å²) in [5, 5.41) is 3.10. The van der Waals surface area contributed by atoms with Crippen LogP contribution in [0, 0.1) is 12.8 Å². The molecule has 1 aliphatic heterocycles. The number of likely N-dealkylation sites (tertiary alicyclic amines) is 1. The number of aromatic nitrogens is 1. The number of hydrogen-bond acceptors (Lipinski definition) is 3. The van der Waals surface area contributed by atoms with Crippen molar-refractivity contribution < 1.29 is 0 Å². The zero-order valence-electron chi connectivity index (χ0n) is 12.0. The van der Waals surface area contributed by atoms with Crippen molar-refractivity contribution in [1.82, 2.24) is 9.88 Å². The summed E-state index contributed by atoms with van der Waals surface area (Å²) in [5.74, 6) is 1.69. The lowest BCUT2D eigenvalue weighted by atomic mass is 10.0. The van der Waals surface area contributed by atoms with Gasteiger partial charge in [0.15, 0.2) is 0 Å². The van der Waals surface area contributed by atoms with Gasteiger partial charge in [0.05, 0.1) is 0 Å². The van der Waals surface area contributed by atoms with E-state index in [1.165, 1.54) is 37.2 Å². The van der Waals surface area contributed by atoms with Crippen LogP contribution in [-0.2, 0) is 0 Å². The average molecular weight is 247 g/mol. The molecule has 3 nitrogen and oxygen atoms in total. The summed E-state index contributed by atoms with van der Waals surface area (Å²) in [5.41, 5.74) is 2.58. The standard InChI is InChI=1S/C15H25N3/c1-11(2)10-18-9-5-6-14(18)13-7-8-15(16-4)17-12(13)3/h7-8,11,14H,5-6,9-10H2,1-4H3,(H,16,17). The van der Waals surface area contributed by atoms with Crippen molar-refractivity contribution in [3.05, 3.63) is 23.4 Å². The van der Waals surface area contributed by atoms with Gasteiger partial charge in [-0.2, -0.15) is 0 Å². The van der Waals surface area contributed by atoms with Gasteiger partial charge in [0.25, 0.3) is 0 Å². The van der Waals surface area contributed by atoms with Crippen LogP contribution in [0.25, 0.3) is 0 Å². The molecule has 1 N–H and O–H groups in total. The van der Waals surface area contributed by atoms with E-state index in [-0.39, 0.29) is 0 Å². The van der Waals surface area contributed by atoms with Gasteiger partial charge in [-0.15, -0.1) is 0 Å². The van der Waals surface area contributed by atoms with E-state index >= 15 is 0 Å². The first-order chi connectivity index (χ1) is 8.61. The molecule has 1 aromatic rings. The summed E-state index contributed by atoms with van der Waals surface area (Å²) in [4.78, 5) is 7.23. The van der Waals surface area contributed by atoms with Crippen molar-refractivity contribution in [1.29, 1.82) is 0 Å². The predicted octanol–water partition coefficient (Wildman–Crippen LogP) is 3.22. The molecule has 0 aliphatic carbocycles. The highest BCUT2D eigenvalue weighted by molar-refractivity contribution is 5.39. The average Bonchev–Trinajstić information content (AvgIpc) is 2.76. The highest BCUT2D eigenvalue weighted by Gasteiger charge is 2.27. The molecule has 3 heteroatoms. The molecule has 100 valence electrons. The SMILES string of the molecule is CNc1ccc(C2CCCN2CC(C)C)c(C)n1. The lowest BCUT2D eigenvalue weighted by molar-refractivity contribution is 0.228. The summed E-state index contributed by atoms with van der Waals surface area (Å²) in [6, 6.07) is 4.91. The fourth-order valence-electron chi connectivity index (χ4n) is 2.93. The quantitative estimate of drug-likeness (QED) is 0.885. The van der Waals surface area contributed by atoms with Crippen LogP contribution in [0.5, 0.6) is 0 Å². The van der Waals surface area contributed by atoms with Crippen molar-refractivity contribution >= 4 is 5.82 Å². The molecule has 2 heterocycles. The first-order valence-electron chi connectivity index (χ1n) is 7.01. The maximum Gasteiger partial charge on any atom is 0.125 e. The van der Waals surface area contributed by atoms with Crippen molar-refractivity contribution in [3.8, 4) is 0 Å². The van der Waals surface area contributed by atoms with Crippen molar-refractivity contribution in [3.63, 3.8) is 0 Å². The Hall–Kier alpha value is -1.09. The zero-order chi connectivity index (χ0) is 13.1. The van der Waals surface area contributed by atoms with Gasteiger partial charge < -0.3 is 5.32 Å². The predicted molar refractivity (Wildman–Crippen MR) is 76.9 cm³/mol. The number of nitrogens with one attached hydrogen (secondary N) is 1. The second-order valence-corrected chi connectivity index (χ2v) is 5.67.